The average Bonchev–Trinajstić information content (AvgIpc) is 2.52. The van der Waals surface area contributed by atoms with Gasteiger partial charge >= 0.3 is 0 Å². The molecule has 1 saturated heterocycles. The molecule has 0 aromatic heterocycles. The summed E-state index contributed by atoms with van der Waals surface area (Å²) >= 11 is 0. The SMILES string of the molecule is COc1ccc(OCC(=O)N2CCNCC2)c(C(C)(C)C)c1. The Balaban J connectivity index is 2.07. The Morgan fingerprint density at radius 2 is 1.95 bits per heavy atom. The number of carbonyl (C=O) groups excluding carboxylic acids is 1. The summed E-state index contributed by atoms with van der Waals surface area (Å²) in [5.74, 6) is 1.58. The van der Waals surface area contributed by atoms with Crippen LogP contribution in [0.2, 0.25) is 0 Å². The first-order chi connectivity index (χ1) is 10.4. The van der Waals surface area contributed by atoms with Crippen LogP contribution in [0.25, 0.3) is 0 Å². The molecule has 1 aromatic carbocycles. The molecule has 1 N–H and O–H groups in total. The Hall–Kier alpha value is -1.75. The van der Waals surface area contributed by atoms with Crippen molar-refractivity contribution in [2.75, 3.05) is 39.9 Å². The predicted molar refractivity (Wildman–Crippen MR) is 86.6 cm³/mol. The van der Waals surface area contributed by atoms with Gasteiger partial charge in [0.05, 0.1) is 7.11 Å². The highest BCUT2D eigenvalue weighted by Crippen LogP contribution is 2.34. The summed E-state index contributed by atoms with van der Waals surface area (Å²) in [5.41, 5.74) is 0.960. The molecule has 0 saturated carbocycles. The Bertz CT molecular complexity index is 517. The predicted octanol–water partition coefficient (Wildman–Crippen LogP) is 1.80. The molecule has 22 heavy (non-hydrogen) atoms. The van der Waals surface area contributed by atoms with Gasteiger partial charge in [-0.2, -0.15) is 0 Å². The van der Waals surface area contributed by atoms with Crippen LogP contribution in [0, 0.1) is 0 Å². The zero-order valence-electron chi connectivity index (χ0n) is 13.9. The van der Waals surface area contributed by atoms with E-state index in [0.717, 1.165) is 43.2 Å². The lowest BCUT2D eigenvalue weighted by Crippen LogP contribution is -2.48. The lowest BCUT2D eigenvalue weighted by atomic mass is 9.86. The number of ether oxygens (including phenoxy) is 2. The first-order valence-electron chi connectivity index (χ1n) is 7.71. The molecule has 0 spiro atoms. The molecule has 122 valence electrons. The van der Waals surface area contributed by atoms with Crippen LogP contribution in [0.3, 0.4) is 0 Å². The summed E-state index contributed by atoms with van der Waals surface area (Å²) in [7, 11) is 1.65. The summed E-state index contributed by atoms with van der Waals surface area (Å²) in [5, 5.41) is 3.24. The number of benzene rings is 1. The third kappa shape index (κ3) is 4.13. The second-order valence-electron chi connectivity index (χ2n) is 6.53. The number of hydrogen-bond acceptors (Lipinski definition) is 4. The molecule has 5 nitrogen and oxygen atoms in total. The van der Waals surface area contributed by atoms with Crippen molar-refractivity contribution in [3.8, 4) is 11.5 Å². The van der Waals surface area contributed by atoms with Crippen LogP contribution in [0.1, 0.15) is 26.3 Å². The van der Waals surface area contributed by atoms with E-state index < -0.39 is 0 Å². The zero-order valence-corrected chi connectivity index (χ0v) is 13.9. The van der Waals surface area contributed by atoms with Crippen LogP contribution in [-0.4, -0.2) is 50.7 Å². The first-order valence-corrected chi connectivity index (χ1v) is 7.71. The van der Waals surface area contributed by atoms with Crippen LogP contribution >= 0.6 is 0 Å². The van der Waals surface area contributed by atoms with E-state index in [1.165, 1.54) is 0 Å². The van der Waals surface area contributed by atoms with E-state index in [2.05, 4.69) is 26.1 Å². The Kier molecular flexibility index (Phi) is 5.29. The summed E-state index contributed by atoms with van der Waals surface area (Å²) in [6, 6.07) is 5.72. The van der Waals surface area contributed by atoms with Gasteiger partial charge in [0, 0.05) is 31.7 Å². The van der Waals surface area contributed by atoms with Gasteiger partial charge in [-0.1, -0.05) is 20.8 Å². The molecular formula is C17H26N2O3. The third-order valence-corrected chi connectivity index (χ3v) is 3.82. The maximum absolute atomic E-state index is 12.2. The molecule has 0 aliphatic carbocycles. The molecule has 0 atom stereocenters. The molecule has 0 unspecified atom stereocenters. The largest absolute Gasteiger partial charge is 0.497 e. The van der Waals surface area contributed by atoms with Crippen LogP contribution in [0.4, 0.5) is 0 Å². The number of hydrogen-bond donors (Lipinski definition) is 1. The van der Waals surface area contributed by atoms with Crippen molar-refractivity contribution in [1.82, 2.24) is 10.2 Å². The highest BCUT2D eigenvalue weighted by atomic mass is 16.5. The molecule has 1 aliphatic heterocycles. The van der Waals surface area contributed by atoms with Crippen LogP contribution in [0.5, 0.6) is 11.5 Å². The van der Waals surface area contributed by atoms with Crippen molar-refractivity contribution in [2.45, 2.75) is 26.2 Å². The van der Waals surface area contributed by atoms with E-state index >= 15 is 0 Å². The molecule has 1 aliphatic rings. The average molecular weight is 306 g/mol. The Morgan fingerprint density at radius 3 is 2.55 bits per heavy atom. The third-order valence-electron chi connectivity index (χ3n) is 3.82. The van der Waals surface area contributed by atoms with Gasteiger partial charge in [0.25, 0.3) is 5.91 Å². The highest BCUT2D eigenvalue weighted by Gasteiger charge is 2.22. The number of amides is 1. The van der Waals surface area contributed by atoms with Gasteiger partial charge in [0.15, 0.2) is 6.61 Å². The first kappa shape index (κ1) is 16.6. The molecule has 0 bridgehead atoms. The minimum absolute atomic E-state index is 0.0391. The van der Waals surface area contributed by atoms with Gasteiger partial charge in [-0.3, -0.25) is 4.79 Å². The van der Waals surface area contributed by atoms with E-state index in [1.54, 1.807) is 7.11 Å². The number of methoxy groups -OCH3 is 1. The smallest absolute Gasteiger partial charge is 0.260 e. The monoisotopic (exact) mass is 306 g/mol. The highest BCUT2D eigenvalue weighted by molar-refractivity contribution is 5.78. The van der Waals surface area contributed by atoms with E-state index in [-0.39, 0.29) is 17.9 Å². The molecule has 1 fully saturated rings. The summed E-state index contributed by atoms with van der Waals surface area (Å²) < 4.78 is 11.1. The normalized spacial score (nSPS) is 15.5. The van der Waals surface area contributed by atoms with Gasteiger partial charge in [-0.15, -0.1) is 0 Å². The zero-order chi connectivity index (χ0) is 16.2. The molecule has 1 amide bonds. The van der Waals surface area contributed by atoms with Crippen molar-refractivity contribution < 1.29 is 14.3 Å². The number of carbonyl (C=O) groups is 1. The maximum atomic E-state index is 12.2. The molecule has 0 radical (unpaired) electrons. The molecule has 1 aromatic rings. The van der Waals surface area contributed by atoms with Crippen molar-refractivity contribution in [3.05, 3.63) is 23.8 Å². The Labute approximate surface area is 132 Å². The fraction of sp³-hybridized carbons (Fsp3) is 0.588. The van der Waals surface area contributed by atoms with Gasteiger partial charge in [-0.05, 0) is 23.6 Å². The lowest BCUT2D eigenvalue weighted by Gasteiger charge is -2.28. The minimum atomic E-state index is -0.0814. The summed E-state index contributed by atoms with van der Waals surface area (Å²) in [6.45, 7) is 9.62. The van der Waals surface area contributed by atoms with Crippen LogP contribution < -0.4 is 14.8 Å². The molecular weight excluding hydrogens is 280 g/mol. The van der Waals surface area contributed by atoms with Crippen molar-refractivity contribution in [1.29, 1.82) is 0 Å². The second-order valence-corrected chi connectivity index (χ2v) is 6.53. The maximum Gasteiger partial charge on any atom is 0.260 e. The number of piperazine rings is 1. The van der Waals surface area contributed by atoms with Gasteiger partial charge in [0.1, 0.15) is 11.5 Å². The van der Waals surface area contributed by atoms with Gasteiger partial charge < -0.3 is 19.7 Å². The fourth-order valence-electron chi connectivity index (χ4n) is 2.49. The van der Waals surface area contributed by atoms with Crippen molar-refractivity contribution >= 4 is 5.91 Å². The van der Waals surface area contributed by atoms with Crippen LogP contribution in [-0.2, 0) is 10.2 Å². The fourth-order valence-corrected chi connectivity index (χ4v) is 2.49. The molecule has 2 rings (SSSR count). The van der Waals surface area contributed by atoms with Crippen molar-refractivity contribution in [3.63, 3.8) is 0 Å². The van der Waals surface area contributed by atoms with Crippen molar-refractivity contribution in [2.24, 2.45) is 0 Å². The van der Waals surface area contributed by atoms with Gasteiger partial charge in [-0.25, -0.2) is 0 Å². The number of rotatable bonds is 4. The number of nitrogens with zero attached hydrogens (tertiary/aromatic N) is 1. The molecule has 5 heteroatoms. The second kappa shape index (κ2) is 7.01. The van der Waals surface area contributed by atoms with Crippen LogP contribution in [0.15, 0.2) is 18.2 Å². The van der Waals surface area contributed by atoms with Gasteiger partial charge in [0.2, 0.25) is 0 Å². The van der Waals surface area contributed by atoms with E-state index in [9.17, 15) is 4.79 Å². The van der Waals surface area contributed by atoms with E-state index in [0.29, 0.717) is 0 Å². The number of nitrogens with one attached hydrogen (secondary N) is 1. The standard InChI is InChI=1S/C17H26N2O3/c1-17(2,3)14-11-13(21-4)5-6-15(14)22-12-16(20)19-9-7-18-8-10-19/h5-6,11,18H,7-10,12H2,1-4H3. The topological polar surface area (TPSA) is 50.8 Å². The Morgan fingerprint density at radius 1 is 1.27 bits per heavy atom. The quantitative estimate of drug-likeness (QED) is 0.921. The van der Waals surface area contributed by atoms with E-state index in [1.807, 2.05) is 23.1 Å². The lowest BCUT2D eigenvalue weighted by molar-refractivity contribution is -0.133. The van der Waals surface area contributed by atoms with E-state index in [4.69, 9.17) is 9.47 Å². The minimum Gasteiger partial charge on any atom is -0.497 e. The summed E-state index contributed by atoms with van der Waals surface area (Å²) in [6.07, 6.45) is 0. The summed E-state index contributed by atoms with van der Waals surface area (Å²) in [4.78, 5) is 14.0. The molecule has 1 heterocycles.